The lowest BCUT2D eigenvalue weighted by Gasteiger charge is -2.01. The molecule has 1 aromatic carbocycles. The minimum Gasteiger partial charge on any atom is -0.320 e. The lowest BCUT2D eigenvalue weighted by atomic mass is 10.0. The molecule has 0 radical (unpaired) electrons. The van der Waals surface area contributed by atoms with Crippen molar-refractivity contribution in [1.82, 2.24) is 0 Å². The number of Topliss-reactive ketones (excluding diaryl/α,β-unsaturated/α-hetero) is 1. The fourth-order valence-corrected chi connectivity index (χ4v) is 1.29. The average Bonchev–Trinajstić information content (AvgIpc) is 2.14. The number of aryl methyl sites for hydroxylation is 1. The van der Waals surface area contributed by atoms with E-state index in [-0.39, 0.29) is 5.78 Å². The molecule has 2 nitrogen and oxygen atoms in total. The maximum Gasteiger partial charge on any atom is 0.160 e. The first kappa shape index (κ1) is 10.5. The predicted molar refractivity (Wildman–Crippen MR) is 57.1 cm³/mol. The second-order valence-electron chi connectivity index (χ2n) is 3.09. The second-order valence-corrected chi connectivity index (χ2v) is 3.09. The summed E-state index contributed by atoms with van der Waals surface area (Å²) in [5, 5.41) is 0. The Labute approximate surface area is 84.1 Å². The molecule has 0 bridgehead atoms. The van der Waals surface area contributed by atoms with E-state index in [9.17, 15) is 4.79 Å². The number of carbonyl (C=O) groups is 1. The second kappa shape index (κ2) is 4.59. The molecular weight excluding hydrogens is 174 g/mol. The Morgan fingerprint density at radius 1 is 1.50 bits per heavy atom. The summed E-state index contributed by atoms with van der Waals surface area (Å²) in [6.07, 6.45) is 0. The van der Waals surface area contributed by atoms with E-state index in [0.717, 1.165) is 16.7 Å². The number of carbonyl (C=O) groups excluding carboxylic acids is 1. The van der Waals surface area contributed by atoms with Gasteiger partial charge >= 0.3 is 0 Å². The third-order valence-electron chi connectivity index (χ3n) is 1.94. The van der Waals surface area contributed by atoms with Crippen LogP contribution < -0.4 is 5.73 Å². The van der Waals surface area contributed by atoms with Gasteiger partial charge in [-0.1, -0.05) is 11.8 Å². The number of benzene rings is 1. The Kier molecular flexibility index (Phi) is 3.44. The first-order valence-electron chi connectivity index (χ1n) is 4.45. The minimum absolute atomic E-state index is 0.0841. The Bertz CT molecular complexity index is 410. The van der Waals surface area contributed by atoms with Gasteiger partial charge in [-0.05, 0) is 37.6 Å². The summed E-state index contributed by atoms with van der Waals surface area (Å²) in [4.78, 5) is 11.1. The first-order valence-corrected chi connectivity index (χ1v) is 4.45. The molecule has 0 aliphatic carbocycles. The van der Waals surface area contributed by atoms with Gasteiger partial charge in [0.25, 0.3) is 0 Å². The molecule has 0 atom stereocenters. The summed E-state index contributed by atoms with van der Waals surface area (Å²) in [6, 6.07) is 5.55. The van der Waals surface area contributed by atoms with E-state index >= 15 is 0 Å². The molecule has 0 aliphatic rings. The van der Waals surface area contributed by atoms with Gasteiger partial charge in [-0.2, -0.15) is 0 Å². The lowest BCUT2D eigenvalue weighted by Crippen LogP contribution is -1.96. The van der Waals surface area contributed by atoms with Crippen LogP contribution in [0.25, 0.3) is 0 Å². The summed E-state index contributed by atoms with van der Waals surface area (Å²) < 4.78 is 0. The van der Waals surface area contributed by atoms with Gasteiger partial charge in [0.05, 0.1) is 6.54 Å². The molecule has 0 heterocycles. The van der Waals surface area contributed by atoms with Crippen LogP contribution in [0.5, 0.6) is 0 Å². The summed E-state index contributed by atoms with van der Waals surface area (Å²) >= 11 is 0. The van der Waals surface area contributed by atoms with E-state index in [1.54, 1.807) is 13.0 Å². The smallest absolute Gasteiger partial charge is 0.160 e. The molecule has 0 amide bonds. The van der Waals surface area contributed by atoms with E-state index in [2.05, 4.69) is 11.8 Å². The van der Waals surface area contributed by atoms with E-state index in [1.807, 2.05) is 19.1 Å². The predicted octanol–water partition coefficient (Wildman–Crippen LogP) is 1.51. The highest BCUT2D eigenvalue weighted by molar-refractivity contribution is 5.95. The van der Waals surface area contributed by atoms with Gasteiger partial charge in [-0.25, -0.2) is 0 Å². The Morgan fingerprint density at radius 2 is 2.21 bits per heavy atom. The highest BCUT2D eigenvalue weighted by Gasteiger charge is 2.02. The average molecular weight is 187 g/mol. The van der Waals surface area contributed by atoms with Crippen LogP contribution in [0, 0.1) is 18.8 Å². The maximum absolute atomic E-state index is 11.1. The molecule has 0 saturated heterocycles. The molecule has 0 unspecified atom stereocenters. The zero-order chi connectivity index (χ0) is 10.6. The molecule has 72 valence electrons. The fourth-order valence-electron chi connectivity index (χ4n) is 1.29. The van der Waals surface area contributed by atoms with Crippen molar-refractivity contribution < 1.29 is 4.79 Å². The summed E-state index contributed by atoms with van der Waals surface area (Å²) in [5.41, 5.74) is 7.88. The van der Waals surface area contributed by atoms with Crippen molar-refractivity contribution in [3.63, 3.8) is 0 Å². The van der Waals surface area contributed by atoms with E-state index < -0.39 is 0 Å². The molecule has 14 heavy (non-hydrogen) atoms. The molecule has 2 heteroatoms. The molecule has 0 spiro atoms. The Balaban J connectivity index is 3.06. The van der Waals surface area contributed by atoms with Gasteiger partial charge in [0.2, 0.25) is 0 Å². The topological polar surface area (TPSA) is 43.1 Å². The van der Waals surface area contributed by atoms with Crippen LogP contribution in [0.15, 0.2) is 18.2 Å². The molecule has 1 rings (SSSR count). The van der Waals surface area contributed by atoms with Crippen LogP contribution in [-0.2, 0) is 0 Å². The summed E-state index contributed by atoms with van der Waals surface area (Å²) in [6.45, 7) is 3.82. The number of ketones is 1. The zero-order valence-electron chi connectivity index (χ0n) is 8.42. The van der Waals surface area contributed by atoms with Crippen molar-refractivity contribution in [2.75, 3.05) is 6.54 Å². The van der Waals surface area contributed by atoms with Gasteiger partial charge in [0.15, 0.2) is 5.78 Å². The van der Waals surface area contributed by atoms with Crippen LogP contribution in [0.2, 0.25) is 0 Å². The van der Waals surface area contributed by atoms with Gasteiger partial charge in [-0.3, -0.25) is 4.79 Å². The third-order valence-corrected chi connectivity index (χ3v) is 1.94. The van der Waals surface area contributed by atoms with Crippen molar-refractivity contribution in [3.8, 4) is 11.8 Å². The monoisotopic (exact) mass is 187 g/mol. The molecule has 1 aromatic rings. The van der Waals surface area contributed by atoms with Gasteiger partial charge < -0.3 is 5.73 Å². The van der Waals surface area contributed by atoms with Crippen LogP contribution in [-0.4, -0.2) is 12.3 Å². The van der Waals surface area contributed by atoms with Gasteiger partial charge in [0.1, 0.15) is 0 Å². The quantitative estimate of drug-likeness (QED) is 0.535. The largest absolute Gasteiger partial charge is 0.320 e. The molecule has 0 aliphatic heterocycles. The number of hydrogen-bond acceptors (Lipinski definition) is 2. The van der Waals surface area contributed by atoms with Crippen LogP contribution in [0.3, 0.4) is 0 Å². The summed E-state index contributed by atoms with van der Waals surface area (Å²) in [5.74, 6) is 5.78. The normalized spacial score (nSPS) is 9.07. The lowest BCUT2D eigenvalue weighted by molar-refractivity contribution is 0.101. The standard InChI is InChI=1S/C12H13NO/c1-9-8-11(4-3-7-13)5-6-12(9)10(2)14/h5-6,8H,7,13H2,1-2H3. The fraction of sp³-hybridized carbons (Fsp3) is 0.250. The SMILES string of the molecule is CC(=O)c1ccc(C#CCN)cc1C. The van der Waals surface area contributed by atoms with Crippen LogP contribution in [0.4, 0.5) is 0 Å². The minimum atomic E-state index is 0.0841. The molecule has 0 saturated carbocycles. The summed E-state index contributed by atoms with van der Waals surface area (Å²) in [7, 11) is 0. The van der Waals surface area contributed by atoms with Crippen molar-refractivity contribution in [3.05, 3.63) is 34.9 Å². The van der Waals surface area contributed by atoms with E-state index in [0.29, 0.717) is 6.54 Å². The Hall–Kier alpha value is -1.59. The van der Waals surface area contributed by atoms with Crippen molar-refractivity contribution in [2.24, 2.45) is 5.73 Å². The number of rotatable bonds is 1. The first-order chi connectivity index (χ1) is 6.65. The third kappa shape index (κ3) is 2.45. The zero-order valence-corrected chi connectivity index (χ0v) is 8.42. The molecular formula is C12H13NO. The van der Waals surface area contributed by atoms with Crippen LogP contribution >= 0.6 is 0 Å². The highest BCUT2D eigenvalue weighted by atomic mass is 16.1. The molecule has 2 N–H and O–H groups in total. The molecule has 0 fully saturated rings. The van der Waals surface area contributed by atoms with E-state index in [4.69, 9.17) is 5.73 Å². The van der Waals surface area contributed by atoms with Crippen molar-refractivity contribution >= 4 is 5.78 Å². The highest BCUT2D eigenvalue weighted by Crippen LogP contribution is 2.10. The number of nitrogens with two attached hydrogens (primary N) is 1. The Morgan fingerprint density at radius 3 is 2.71 bits per heavy atom. The van der Waals surface area contributed by atoms with Crippen molar-refractivity contribution in [2.45, 2.75) is 13.8 Å². The van der Waals surface area contributed by atoms with Gasteiger partial charge in [0, 0.05) is 11.1 Å². The number of hydrogen-bond donors (Lipinski definition) is 1. The van der Waals surface area contributed by atoms with Gasteiger partial charge in [-0.15, -0.1) is 0 Å². The van der Waals surface area contributed by atoms with Crippen LogP contribution in [0.1, 0.15) is 28.4 Å². The van der Waals surface area contributed by atoms with E-state index in [1.165, 1.54) is 0 Å². The molecule has 0 aromatic heterocycles. The van der Waals surface area contributed by atoms with Crippen molar-refractivity contribution in [1.29, 1.82) is 0 Å². The maximum atomic E-state index is 11.1.